The van der Waals surface area contributed by atoms with Crippen LogP contribution in [0.5, 0.6) is 0 Å². The lowest BCUT2D eigenvalue weighted by Gasteiger charge is -2.12. The van der Waals surface area contributed by atoms with E-state index in [4.69, 9.17) is 0 Å². The molecule has 2 aromatic heterocycles. The highest BCUT2D eigenvalue weighted by atomic mass is 32.1. The highest BCUT2D eigenvalue weighted by Gasteiger charge is 2.07. The molecule has 0 aliphatic heterocycles. The van der Waals surface area contributed by atoms with Crippen LogP contribution in [0.2, 0.25) is 0 Å². The number of likely N-dealkylation sites (N-methyl/N-ethyl adjacent to an activating group) is 1. The minimum atomic E-state index is 0.694. The fraction of sp³-hybridized carbons (Fsp3) is 0.500. The summed E-state index contributed by atoms with van der Waals surface area (Å²) in [5, 5.41) is 9.69. The summed E-state index contributed by atoms with van der Waals surface area (Å²) in [5.74, 6) is 1.61. The summed E-state index contributed by atoms with van der Waals surface area (Å²) in [4.78, 5) is 12.2. The van der Waals surface area contributed by atoms with Crippen LogP contribution < -0.4 is 10.6 Å². The minimum absolute atomic E-state index is 0.694. The second kappa shape index (κ2) is 5.97. The van der Waals surface area contributed by atoms with E-state index in [0.717, 1.165) is 35.7 Å². The second-order valence-corrected chi connectivity index (χ2v) is 5.19. The molecule has 2 aromatic rings. The van der Waals surface area contributed by atoms with Crippen molar-refractivity contribution in [1.29, 1.82) is 0 Å². The number of nitrogens with zero attached hydrogens (tertiary/aromatic N) is 3. The predicted octanol–water partition coefficient (Wildman–Crippen LogP) is 2.10. The summed E-state index contributed by atoms with van der Waals surface area (Å²) >= 11 is 1.64. The molecular weight excluding hydrogens is 246 g/mol. The molecule has 0 spiro atoms. The number of fused-ring (bicyclic) bond motifs is 1. The van der Waals surface area contributed by atoms with Crippen molar-refractivity contribution in [1.82, 2.24) is 14.9 Å². The molecule has 2 heterocycles. The van der Waals surface area contributed by atoms with Crippen LogP contribution in [0.15, 0.2) is 11.4 Å². The molecule has 0 aliphatic carbocycles. The van der Waals surface area contributed by atoms with E-state index in [1.807, 2.05) is 12.3 Å². The lowest BCUT2D eigenvalue weighted by molar-refractivity contribution is 0.425. The van der Waals surface area contributed by atoms with Gasteiger partial charge >= 0.3 is 0 Å². The molecule has 0 radical (unpaired) electrons. The Morgan fingerprint density at radius 2 is 2.11 bits per heavy atom. The zero-order valence-electron chi connectivity index (χ0n) is 11.0. The van der Waals surface area contributed by atoms with E-state index in [1.165, 1.54) is 0 Å². The van der Waals surface area contributed by atoms with Crippen LogP contribution in [0, 0.1) is 0 Å². The van der Waals surface area contributed by atoms with E-state index >= 15 is 0 Å². The lowest BCUT2D eigenvalue weighted by atomic mass is 10.3. The Morgan fingerprint density at radius 3 is 2.83 bits per heavy atom. The first-order valence-corrected chi connectivity index (χ1v) is 6.96. The second-order valence-electron chi connectivity index (χ2n) is 4.30. The third-order valence-corrected chi connectivity index (χ3v) is 3.32. The van der Waals surface area contributed by atoms with Crippen molar-refractivity contribution >= 4 is 33.3 Å². The highest BCUT2D eigenvalue weighted by molar-refractivity contribution is 7.16. The summed E-state index contributed by atoms with van der Waals surface area (Å²) in [5.41, 5.74) is 0. The number of hydrogen-bond donors (Lipinski definition) is 2. The Hall–Kier alpha value is -1.40. The molecule has 0 aliphatic rings. The van der Waals surface area contributed by atoms with Gasteiger partial charge in [0.2, 0.25) is 5.95 Å². The molecule has 0 fully saturated rings. The van der Waals surface area contributed by atoms with Gasteiger partial charge in [0, 0.05) is 19.6 Å². The van der Waals surface area contributed by atoms with Crippen LogP contribution in [0.1, 0.15) is 6.92 Å². The Labute approximate surface area is 111 Å². The number of thiophene rings is 1. The maximum atomic E-state index is 4.51. The van der Waals surface area contributed by atoms with Gasteiger partial charge in [0.1, 0.15) is 10.6 Å². The molecule has 0 saturated carbocycles. The number of aromatic nitrogens is 2. The largest absolute Gasteiger partial charge is 0.368 e. The Morgan fingerprint density at radius 1 is 1.28 bits per heavy atom. The average Bonchev–Trinajstić information content (AvgIpc) is 2.77. The third-order valence-electron chi connectivity index (χ3n) is 2.51. The molecule has 0 amide bonds. The first kappa shape index (κ1) is 13.0. The normalized spacial score (nSPS) is 11.1. The van der Waals surface area contributed by atoms with Crippen molar-refractivity contribution in [2.45, 2.75) is 6.92 Å². The van der Waals surface area contributed by atoms with Crippen LogP contribution in [0.25, 0.3) is 10.2 Å². The molecular formula is C12H19N5S. The van der Waals surface area contributed by atoms with Gasteiger partial charge in [-0.05, 0) is 32.5 Å². The zero-order chi connectivity index (χ0) is 13.0. The molecule has 0 saturated heterocycles. The first-order chi connectivity index (χ1) is 8.70. The van der Waals surface area contributed by atoms with Crippen molar-refractivity contribution < 1.29 is 0 Å². The number of hydrogen-bond acceptors (Lipinski definition) is 6. The topological polar surface area (TPSA) is 53.1 Å². The van der Waals surface area contributed by atoms with E-state index in [9.17, 15) is 0 Å². The van der Waals surface area contributed by atoms with E-state index in [2.05, 4.69) is 45.7 Å². The maximum Gasteiger partial charge on any atom is 0.226 e. The lowest BCUT2D eigenvalue weighted by Crippen LogP contribution is -2.21. The molecule has 2 N–H and O–H groups in total. The zero-order valence-corrected chi connectivity index (χ0v) is 11.8. The van der Waals surface area contributed by atoms with Crippen molar-refractivity contribution in [3.05, 3.63) is 11.4 Å². The molecule has 18 heavy (non-hydrogen) atoms. The summed E-state index contributed by atoms with van der Waals surface area (Å²) in [7, 11) is 4.12. The minimum Gasteiger partial charge on any atom is -0.368 e. The van der Waals surface area contributed by atoms with Crippen LogP contribution >= 0.6 is 11.3 Å². The quantitative estimate of drug-likeness (QED) is 0.837. The van der Waals surface area contributed by atoms with Crippen LogP contribution in [-0.2, 0) is 0 Å². The van der Waals surface area contributed by atoms with Crippen molar-refractivity contribution in [2.24, 2.45) is 0 Å². The Kier molecular flexibility index (Phi) is 4.33. The van der Waals surface area contributed by atoms with E-state index in [0.29, 0.717) is 5.95 Å². The molecule has 98 valence electrons. The van der Waals surface area contributed by atoms with Crippen molar-refractivity contribution in [2.75, 3.05) is 44.4 Å². The Balaban J connectivity index is 2.20. The average molecular weight is 265 g/mol. The van der Waals surface area contributed by atoms with Gasteiger partial charge in [-0.1, -0.05) is 0 Å². The standard InChI is InChI=1S/C12H19N5S/c1-4-13-12-15-10(14-6-7-17(2)3)9-5-8-18-11(9)16-12/h5,8H,4,6-7H2,1-3H3,(H2,13,14,15,16). The van der Waals surface area contributed by atoms with E-state index in [-0.39, 0.29) is 0 Å². The van der Waals surface area contributed by atoms with Crippen LogP contribution in [-0.4, -0.2) is 48.6 Å². The number of rotatable bonds is 6. The fourth-order valence-corrected chi connectivity index (χ4v) is 2.39. The fourth-order valence-electron chi connectivity index (χ4n) is 1.63. The molecule has 6 heteroatoms. The van der Waals surface area contributed by atoms with Gasteiger partial charge in [0.05, 0.1) is 5.39 Å². The number of nitrogens with one attached hydrogen (secondary N) is 2. The van der Waals surface area contributed by atoms with Crippen LogP contribution in [0.4, 0.5) is 11.8 Å². The van der Waals surface area contributed by atoms with Gasteiger partial charge in [-0.3, -0.25) is 0 Å². The molecule has 0 aromatic carbocycles. The first-order valence-electron chi connectivity index (χ1n) is 6.08. The van der Waals surface area contributed by atoms with Gasteiger partial charge < -0.3 is 15.5 Å². The van der Waals surface area contributed by atoms with Gasteiger partial charge in [0.25, 0.3) is 0 Å². The molecule has 0 atom stereocenters. The summed E-state index contributed by atoms with van der Waals surface area (Å²) < 4.78 is 0. The third kappa shape index (κ3) is 3.08. The SMILES string of the molecule is CCNc1nc(NCCN(C)C)c2ccsc2n1. The van der Waals surface area contributed by atoms with E-state index in [1.54, 1.807) is 11.3 Å². The summed E-state index contributed by atoms with van der Waals surface area (Å²) in [6.45, 7) is 4.72. The smallest absolute Gasteiger partial charge is 0.226 e. The summed E-state index contributed by atoms with van der Waals surface area (Å²) in [6.07, 6.45) is 0. The molecule has 2 rings (SSSR count). The molecule has 0 unspecified atom stereocenters. The van der Waals surface area contributed by atoms with Gasteiger partial charge in [-0.15, -0.1) is 11.3 Å². The predicted molar refractivity (Wildman–Crippen MR) is 78.6 cm³/mol. The number of anilines is 2. The maximum absolute atomic E-state index is 4.51. The van der Waals surface area contributed by atoms with Gasteiger partial charge in [-0.2, -0.15) is 4.98 Å². The van der Waals surface area contributed by atoms with Gasteiger partial charge in [0.15, 0.2) is 0 Å². The molecule has 5 nitrogen and oxygen atoms in total. The Bertz CT molecular complexity index is 508. The monoisotopic (exact) mass is 265 g/mol. The van der Waals surface area contributed by atoms with Crippen molar-refractivity contribution in [3.63, 3.8) is 0 Å². The molecule has 0 bridgehead atoms. The van der Waals surface area contributed by atoms with Crippen molar-refractivity contribution in [3.8, 4) is 0 Å². The van der Waals surface area contributed by atoms with Gasteiger partial charge in [-0.25, -0.2) is 4.98 Å². The summed E-state index contributed by atoms with van der Waals surface area (Å²) in [6, 6.07) is 2.06. The highest BCUT2D eigenvalue weighted by Crippen LogP contribution is 2.26. The van der Waals surface area contributed by atoms with Crippen LogP contribution in [0.3, 0.4) is 0 Å². The van der Waals surface area contributed by atoms with E-state index < -0.39 is 0 Å².